The van der Waals surface area contributed by atoms with Gasteiger partial charge in [-0.25, -0.2) is 9.50 Å². The predicted molar refractivity (Wildman–Crippen MR) is 79.3 cm³/mol. The molecule has 0 aliphatic carbocycles. The van der Waals surface area contributed by atoms with Gasteiger partial charge < -0.3 is 4.72 Å². The minimum Gasteiger partial charge on any atom is -0.308 e. The molecule has 0 unspecified atom stereocenters. The van der Waals surface area contributed by atoms with Crippen LogP contribution in [0.5, 0.6) is 0 Å². The number of halogens is 1. The number of nitrogens with one attached hydrogen (secondary N) is 1. The van der Waals surface area contributed by atoms with Crippen LogP contribution in [0.15, 0.2) is 47.6 Å². The topological polar surface area (TPSA) is 42.2 Å². The molecule has 0 amide bonds. The summed E-state index contributed by atoms with van der Waals surface area (Å²) in [5, 5.41) is 4.77. The Morgan fingerprint density at radius 3 is 2.89 bits per heavy atom. The fourth-order valence-electron chi connectivity index (χ4n) is 1.66. The third-order valence-corrected chi connectivity index (χ3v) is 3.89. The molecule has 0 spiro atoms. The van der Waals surface area contributed by atoms with Crippen LogP contribution >= 0.6 is 23.5 Å². The van der Waals surface area contributed by atoms with E-state index in [1.165, 1.54) is 18.3 Å². The highest BCUT2D eigenvalue weighted by Crippen LogP contribution is 2.28. The van der Waals surface area contributed by atoms with Crippen molar-refractivity contribution in [1.29, 1.82) is 0 Å². The van der Waals surface area contributed by atoms with E-state index >= 15 is 0 Å². The summed E-state index contributed by atoms with van der Waals surface area (Å²) < 4.78 is 4.79. The van der Waals surface area contributed by atoms with Crippen molar-refractivity contribution >= 4 is 48.3 Å². The van der Waals surface area contributed by atoms with Crippen LogP contribution < -0.4 is 10.3 Å². The zero-order valence-corrected chi connectivity index (χ0v) is 11.3. The Bertz CT molecular complexity index is 731. The highest BCUT2D eigenvalue weighted by molar-refractivity contribution is 8.00. The average Bonchev–Trinajstić information content (AvgIpc) is 2.81. The Hall–Kier alpha value is -1.66. The summed E-state index contributed by atoms with van der Waals surface area (Å²) in [5.41, 5.74) is 1.39. The quantitative estimate of drug-likeness (QED) is 0.592. The lowest BCUT2D eigenvalue weighted by atomic mass is 10.1. The van der Waals surface area contributed by atoms with Crippen LogP contribution in [-0.2, 0) is 0 Å². The molecule has 2 heterocycles. The van der Waals surface area contributed by atoms with Gasteiger partial charge in [0, 0.05) is 4.90 Å². The first kappa shape index (κ1) is 12.4. The van der Waals surface area contributed by atoms with Gasteiger partial charge in [-0.1, -0.05) is 23.7 Å². The van der Waals surface area contributed by atoms with E-state index in [2.05, 4.69) is 14.8 Å². The van der Waals surface area contributed by atoms with Gasteiger partial charge in [0.2, 0.25) is 0 Å². The van der Waals surface area contributed by atoms with Gasteiger partial charge in [-0.15, -0.1) is 0 Å². The Morgan fingerprint density at radius 1 is 1.21 bits per heavy atom. The Balaban J connectivity index is 1.88. The smallest absolute Gasteiger partial charge is 0.164 e. The molecule has 7 heteroatoms. The molecule has 92 valence electrons. The molecule has 1 N–H and O–H groups in total. The second-order valence-electron chi connectivity index (χ2n) is 3.80. The normalized spacial score (nSPS) is 10.8. The fraction of sp³-hybridized carbons (Fsp3) is 0. The number of hydrogen-bond donors (Lipinski definition) is 1. The Labute approximate surface area is 120 Å². The van der Waals surface area contributed by atoms with Gasteiger partial charge in [-0.3, -0.25) is 0 Å². The summed E-state index contributed by atoms with van der Waals surface area (Å²) in [4.78, 5) is 5.13. The van der Waals surface area contributed by atoms with E-state index in [-0.39, 0.29) is 0 Å². The van der Waals surface area contributed by atoms with Crippen LogP contribution in [0, 0.1) is 0 Å². The van der Waals surface area contributed by atoms with Crippen LogP contribution in [0.4, 0.5) is 5.82 Å². The summed E-state index contributed by atoms with van der Waals surface area (Å²) in [7, 11) is 5.79. The van der Waals surface area contributed by atoms with E-state index in [1.807, 2.05) is 30.3 Å². The fourth-order valence-corrected chi connectivity index (χ4v) is 2.59. The summed E-state index contributed by atoms with van der Waals surface area (Å²) in [6, 6.07) is 11.3. The number of nitrogens with zero attached hydrogens (tertiary/aromatic N) is 3. The standard InChI is InChI=1S/C12H8BClN4S/c13-11-6-5-9-12(15-7-16-18(9)11)17-19-10-4-2-1-3-8(10)14/h1-7H,(H,15,16,17). The van der Waals surface area contributed by atoms with Gasteiger partial charge in [0.1, 0.15) is 19.7 Å². The highest BCUT2D eigenvalue weighted by atomic mass is 35.5. The Kier molecular flexibility index (Phi) is 3.35. The van der Waals surface area contributed by atoms with E-state index in [9.17, 15) is 0 Å². The molecule has 0 saturated carbocycles. The van der Waals surface area contributed by atoms with Crippen LogP contribution in [0.2, 0.25) is 5.02 Å². The van der Waals surface area contributed by atoms with E-state index in [0.717, 1.165) is 10.4 Å². The lowest BCUT2D eigenvalue weighted by Gasteiger charge is -2.07. The van der Waals surface area contributed by atoms with Crippen molar-refractivity contribution in [2.45, 2.75) is 4.90 Å². The van der Waals surface area contributed by atoms with Gasteiger partial charge in [0.15, 0.2) is 5.82 Å². The van der Waals surface area contributed by atoms with E-state index < -0.39 is 0 Å². The minimum absolute atomic E-state index is 0.572. The monoisotopic (exact) mass is 286 g/mol. The SMILES string of the molecule is [B]c1ccc2c(NSc3ccccc3Cl)ncnn12. The second kappa shape index (κ2) is 5.15. The molecule has 2 radical (unpaired) electrons. The maximum Gasteiger partial charge on any atom is 0.164 e. The molecule has 1 aromatic carbocycles. The highest BCUT2D eigenvalue weighted by Gasteiger charge is 2.06. The molecule has 0 atom stereocenters. The number of anilines is 1. The first-order valence-electron chi connectivity index (χ1n) is 5.51. The first-order chi connectivity index (χ1) is 9.25. The van der Waals surface area contributed by atoms with Crippen LogP contribution in [0.25, 0.3) is 5.52 Å². The molecule has 19 heavy (non-hydrogen) atoms. The largest absolute Gasteiger partial charge is 0.308 e. The van der Waals surface area contributed by atoms with Gasteiger partial charge in [0.25, 0.3) is 0 Å². The molecule has 0 fully saturated rings. The molecule has 0 aliphatic rings. The summed E-state index contributed by atoms with van der Waals surface area (Å²) in [6.07, 6.45) is 1.46. The number of aromatic nitrogens is 3. The van der Waals surface area contributed by atoms with E-state index in [0.29, 0.717) is 16.4 Å². The van der Waals surface area contributed by atoms with Crippen LogP contribution in [0.1, 0.15) is 0 Å². The predicted octanol–water partition coefficient (Wildman–Crippen LogP) is 2.30. The van der Waals surface area contributed by atoms with Gasteiger partial charge in [-0.05, 0) is 41.8 Å². The van der Waals surface area contributed by atoms with Crippen molar-refractivity contribution in [3.8, 4) is 0 Å². The summed E-state index contributed by atoms with van der Waals surface area (Å²) in [5.74, 6) is 0.691. The van der Waals surface area contributed by atoms with Gasteiger partial charge >= 0.3 is 0 Å². The number of hydrogen-bond acceptors (Lipinski definition) is 4. The second-order valence-corrected chi connectivity index (χ2v) is 5.05. The van der Waals surface area contributed by atoms with Gasteiger partial charge in [-0.2, -0.15) is 5.10 Å². The lowest BCUT2D eigenvalue weighted by Crippen LogP contribution is -2.12. The average molecular weight is 287 g/mol. The molecule has 2 aromatic heterocycles. The van der Waals surface area contributed by atoms with Crippen molar-refractivity contribution in [3.05, 3.63) is 47.7 Å². The molecule has 0 bridgehead atoms. The van der Waals surface area contributed by atoms with Gasteiger partial charge in [0.05, 0.1) is 5.02 Å². The van der Waals surface area contributed by atoms with Crippen LogP contribution in [-0.4, -0.2) is 22.4 Å². The zero-order valence-electron chi connectivity index (χ0n) is 9.75. The van der Waals surface area contributed by atoms with Crippen molar-refractivity contribution in [2.24, 2.45) is 0 Å². The first-order valence-corrected chi connectivity index (χ1v) is 6.71. The molecule has 3 aromatic rings. The lowest BCUT2D eigenvalue weighted by molar-refractivity contribution is 0.928. The van der Waals surface area contributed by atoms with Crippen molar-refractivity contribution in [1.82, 2.24) is 14.6 Å². The van der Waals surface area contributed by atoms with Crippen molar-refractivity contribution in [3.63, 3.8) is 0 Å². The minimum atomic E-state index is 0.572. The molecule has 4 nitrogen and oxygen atoms in total. The third-order valence-electron chi connectivity index (χ3n) is 2.58. The number of rotatable bonds is 3. The molecular weight excluding hydrogens is 278 g/mol. The summed E-state index contributed by atoms with van der Waals surface area (Å²) in [6.45, 7) is 0. The maximum atomic E-state index is 6.09. The van der Waals surface area contributed by atoms with E-state index in [1.54, 1.807) is 10.6 Å². The third kappa shape index (κ3) is 2.41. The molecule has 0 saturated heterocycles. The summed E-state index contributed by atoms with van der Waals surface area (Å²) >= 11 is 7.49. The number of fused-ring (bicyclic) bond motifs is 1. The Morgan fingerprint density at radius 2 is 2.05 bits per heavy atom. The molecular formula is C12H8BClN4S. The molecule has 3 rings (SSSR count). The number of benzene rings is 1. The van der Waals surface area contributed by atoms with Crippen molar-refractivity contribution in [2.75, 3.05) is 4.72 Å². The van der Waals surface area contributed by atoms with Crippen molar-refractivity contribution < 1.29 is 0 Å². The maximum absolute atomic E-state index is 6.09. The molecule has 0 aliphatic heterocycles. The van der Waals surface area contributed by atoms with E-state index in [4.69, 9.17) is 19.4 Å². The van der Waals surface area contributed by atoms with Crippen LogP contribution in [0.3, 0.4) is 0 Å². The zero-order chi connectivity index (χ0) is 13.2.